The van der Waals surface area contributed by atoms with E-state index in [0.717, 1.165) is 6.42 Å². The van der Waals surface area contributed by atoms with Gasteiger partial charge in [-0.25, -0.2) is 0 Å². The average molecular weight is 455 g/mol. The lowest BCUT2D eigenvalue weighted by Crippen LogP contribution is -2.53. The van der Waals surface area contributed by atoms with E-state index < -0.39 is 16.5 Å². The van der Waals surface area contributed by atoms with E-state index in [9.17, 15) is 0 Å². The monoisotopic (exact) mass is 454 g/mol. The summed E-state index contributed by atoms with van der Waals surface area (Å²) in [6.45, 7) is 24.1. The molecule has 31 heavy (non-hydrogen) atoms. The lowest BCUT2D eigenvalue weighted by atomic mass is 10.0. The van der Waals surface area contributed by atoms with Crippen LogP contribution in [0.5, 0.6) is 0 Å². The minimum Gasteiger partial charge on any atom is -0.400 e. The summed E-state index contributed by atoms with van der Waals surface area (Å²) in [6.07, 6.45) is 0.980. The average Bonchev–Trinajstić information content (AvgIpc) is 2.66. The first-order valence-corrected chi connectivity index (χ1v) is 17.5. The highest BCUT2D eigenvalue weighted by atomic mass is 28.3. The molecule has 0 spiro atoms. The summed E-state index contributed by atoms with van der Waals surface area (Å²) in [5.41, 5.74) is 5.42. The third kappa shape index (κ3) is 5.46. The fourth-order valence-corrected chi connectivity index (χ4v) is 7.16. The molecule has 0 aliphatic heterocycles. The van der Waals surface area contributed by atoms with Crippen molar-refractivity contribution in [2.45, 2.75) is 84.2 Å². The van der Waals surface area contributed by atoms with Crippen LogP contribution >= 0.6 is 0 Å². The van der Waals surface area contributed by atoms with Crippen molar-refractivity contribution in [3.05, 3.63) is 59.7 Å². The number of nitrogens with zero attached hydrogens (tertiary/aromatic N) is 2. The summed E-state index contributed by atoms with van der Waals surface area (Å²) in [5.74, 6) is 0. The van der Waals surface area contributed by atoms with Crippen molar-refractivity contribution in [3.8, 4) is 0 Å². The lowest BCUT2D eigenvalue weighted by molar-refractivity contribution is 0.712. The van der Waals surface area contributed by atoms with Crippen LogP contribution in [0.25, 0.3) is 0 Å². The Morgan fingerprint density at radius 1 is 0.548 bits per heavy atom. The molecule has 0 amide bonds. The Morgan fingerprint density at radius 3 is 1.03 bits per heavy atom. The summed E-state index contributed by atoms with van der Waals surface area (Å²) < 4.78 is 5.09. The standard InChI is InChI=1S/C27H46N2Si2/c1-26(2,3)30(9,10)28(7)24-17-13-22(14-18-24)21-23-15-19-25(20-16-23)29(8)31(11,12)27(4,5)6/h13-20H,21H2,1-12H3. The van der Waals surface area contributed by atoms with Gasteiger partial charge in [-0.15, -0.1) is 0 Å². The molecule has 0 radical (unpaired) electrons. The molecule has 0 bridgehead atoms. The highest BCUT2D eigenvalue weighted by molar-refractivity contribution is 6.84. The molecule has 0 atom stereocenters. The molecule has 172 valence electrons. The lowest BCUT2D eigenvalue weighted by Gasteiger charge is -2.45. The highest BCUT2D eigenvalue weighted by Gasteiger charge is 2.40. The molecule has 2 nitrogen and oxygen atoms in total. The van der Waals surface area contributed by atoms with Crippen molar-refractivity contribution in [3.63, 3.8) is 0 Å². The summed E-state index contributed by atoms with van der Waals surface area (Å²) in [7, 11) is 1.43. The maximum absolute atomic E-state index is 2.54. The van der Waals surface area contributed by atoms with Crippen LogP contribution in [-0.4, -0.2) is 30.6 Å². The summed E-state index contributed by atoms with van der Waals surface area (Å²) in [6, 6.07) is 18.4. The molecule has 0 saturated carbocycles. The van der Waals surface area contributed by atoms with E-state index in [-0.39, 0.29) is 0 Å². The largest absolute Gasteiger partial charge is 0.400 e. The predicted octanol–water partition coefficient (Wildman–Crippen LogP) is 8.16. The smallest absolute Gasteiger partial charge is 0.155 e. The quantitative estimate of drug-likeness (QED) is 0.406. The number of hydrogen-bond acceptors (Lipinski definition) is 2. The fraction of sp³-hybridized carbons (Fsp3) is 0.556. The van der Waals surface area contributed by atoms with Gasteiger partial charge in [-0.1, -0.05) is 92.0 Å². The van der Waals surface area contributed by atoms with Gasteiger partial charge in [-0.3, -0.25) is 0 Å². The Labute approximate surface area is 194 Å². The fourth-order valence-electron chi connectivity index (χ4n) is 3.56. The van der Waals surface area contributed by atoms with Gasteiger partial charge in [0.1, 0.15) is 0 Å². The van der Waals surface area contributed by atoms with E-state index in [1.807, 2.05) is 0 Å². The second kappa shape index (κ2) is 8.78. The van der Waals surface area contributed by atoms with Crippen molar-refractivity contribution in [1.82, 2.24) is 0 Å². The minimum absolute atomic E-state index is 0.333. The Balaban J connectivity index is 2.13. The Kier molecular flexibility index (Phi) is 7.29. The summed E-state index contributed by atoms with van der Waals surface area (Å²) in [4.78, 5) is 0. The first-order valence-electron chi connectivity index (χ1n) is 11.6. The van der Waals surface area contributed by atoms with Crippen LogP contribution in [0.4, 0.5) is 11.4 Å². The molecule has 2 aromatic rings. The third-order valence-corrected chi connectivity index (χ3v) is 19.6. The maximum atomic E-state index is 2.54. The molecule has 2 aromatic carbocycles. The molecule has 0 N–H and O–H groups in total. The van der Waals surface area contributed by atoms with Gasteiger partial charge >= 0.3 is 0 Å². The summed E-state index contributed by atoms with van der Waals surface area (Å²) >= 11 is 0. The Morgan fingerprint density at radius 2 is 0.806 bits per heavy atom. The zero-order valence-corrected chi connectivity index (χ0v) is 24.2. The second-order valence-electron chi connectivity index (χ2n) is 12.2. The van der Waals surface area contributed by atoms with E-state index in [1.165, 1.54) is 22.5 Å². The first-order chi connectivity index (χ1) is 14.0. The van der Waals surface area contributed by atoms with Gasteiger partial charge in [0, 0.05) is 11.4 Å². The van der Waals surface area contributed by atoms with Crippen LogP contribution in [0.15, 0.2) is 48.5 Å². The molecule has 0 aliphatic carbocycles. The van der Waals surface area contributed by atoms with Gasteiger partial charge in [0.05, 0.1) is 0 Å². The SMILES string of the molecule is CN(c1ccc(Cc2ccc(N(C)[Si](C)(C)C(C)(C)C)cc2)cc1)[Si](C)(C)C(C)(C)C. The van der Waals surface area contributed by atoms with Crippen molar-refractivity contribution in [2.75, 3.05) is 23.2 Å². The molecular formula is C27H46N2Si2. The molecule has 2 rings (SSSR count). The molecular weight excluding hydrogens is 408 g/mol. The number of rotatable bonds is 6. The van der Waals surface area contributed by atoms with Crippen LogP contribution in [0.1, 0.15) is 52.7 Å². The molecule has 0 fully saturated rings. The van der Waals surface area contributed by atoms with E-state index in [1.54, 1.807) is 0 Å². The normalized spacial score (nSPS) is 13.3. The molecule has 4 heteroatoms. The molecule has 0 aliphatic rings. The Bertz CT molecular complexity index is 781. The molecule has 0 unspecified atom stereocenters. The molecule has 0 aromatic heterocycles. The van der Waals surface area contributed by atoms with Crippen molar-refractivity contribution >= 4 is 27.8 Å². The Hall–Kier alpha value is -1.53. The van der Waals surface area contributed by atoms with Crippen LogP contribution in [-0.2, 0) is 6.42 Å². The number of hydrogen-bond donors (Lipinski definition) is 0. The van der Waals surface area contributed by atoms with Crippen molar-refractivity contribution < 1.29 is 0 Å². The van der Waals surface area contributed by atoms with Crippen LogP contribution in [0.2, 0.25) is 36.3 Å². The highest BCUT2D eigenvalue weighted by Crippen LogP contribution is 2.40. The second-order valence-corrected chi connectivity index (χ2v) is 22.8. The van der Waals surface area contributed by atoms with Crippen molar-refractivity contribution in [2.24, 2.45) is 0 Å². The molecule has 0 heterocycles. The van der Waals surface area contributed by atoms with E-state index >= 15 is 0 Å². The van der Waals surface area contributed by atoms with Gasteiger partial charge < -0.3 is 9.13 Å². The number of benzene rings is 2. The number of anilines is 2. The van der Waals surface area contributed by atoms with E-state index in [4.69, 9.17) is 0 Å². The van der Waals surface area contributed by atoms with Gasteiger partial charge in [0.25, 0.3) is 0 Å². The van der Waals surface area contributed by atoms with E-state index in [2.05, 4.69) is 139 Å². The summed E-state index contributed by atoms with van der Waals surface area (Å²) in [5, 5.41) is 0.666. The predicted molar refractivity (Wildman–Crippen MR) is 147 cm³/mol. The van der Waals surface area contributed by atoms with Crippen molar-refractivity contribution in [1.29, 1.82) is 0 Å². The van der Waals surface area contributed by atoms with E-state index in [0.29, 0.717) is 10.1 Å². The van der Waals surface area contributed by atoms with Gasteiger partial charge in [-0.2, -0.15) is 0 Å². The zero-order valence-electron chi connectivity index (χ0n) is 22.2. The van der Waals surface area contributed by atoms with Crippen LogP contribution in [0, 0.1) is 0 Å². The van der Waals surface area contributed by atoms with Gasteiger partial charge in [0.2, 0.25) is 0 Å². The maximum Gasteiger partial charge on any atom is 0.155 e. The van der Waals surface area contributed by atoms with Gasteiger partial charge in [0.15, 0.2) is 16.5 Å². The van der Waals surface area contributed by atoms with Crippen LogP contribution in [0.3, 0.4) is 0 Å². The topological polar surface area (TPSA) is 6.48 Å². The minimum atomic E-state index is -1.55. The van der Waals surface area contributed by atoms with Gasteiger partial charge in [-0.05, 0) is 66.0 Å². The van der Waals surface area contributed by atoms with Crippen LogP contribution < -0.4 is 9.13 Å². The molecule has 0 saturated heterocycles. The third-order valence-electron chi connectivity index (χ3n) is 8.40. The first kappa shape index (κ1) is 25.7. The zero-order chi connectivity index (χ0) is 23.8.